The molecule has 0 saturated carbocycles. The van der Waals surface area contributed by atoms with Crippen molar-refractivity contribution in [1.29, 1.82) is 0 Å². The fourth-order valence-corrected chi connectivity index (χ4v) is 1.61. The van der Waals surface area contributed by atoms with Gasteiger partial charge < -0.3 is 10.1 Å². The molecule has 1 aromatic rings. The van der Waals surface area contributed by atoms with Crippen LogP contribution in [0.3, 0.4) is 0 Å². The molecule has 0 aliphatic carbocycles. The second-order valence-electron chi connectivity index (χ2n) is 5.77. The van der Waals surface area contributed by atoms with Crippen molar-refractivity contribution < 1.29 is 35.9 Å². The topological polar surface area (TPSA) is 38.3 Å². The molecule has 1 amide bonds. The zero-order valence-electron chi connectivity index (χ0n) is 12.5. The molecule has 130 valence electrons. The Balaban J connectivity index is 3.00. The van der Waals surface area contributed by atoms with Crippen LogP contribution in [0.1, 0.15) is 37.5 Å². The van der Waals surface area contributed by atoms with Crippen molar-refractivity contribution in [3.63, 3.8) is 0 Å². The lowest BCUT2D eigenvalue weighted by molar-refractivity contribution is -0.143. The molecule has 0 fully saturated rings. The summed E-state index contributed by atoms with van der Waals surface area (Å²) in [6.07, 6.45) is -10.8. The van der Waals surface area contributed by atoms with Crippen molar-refractivity contribution in [2.24, 2.45) is 0 Å². The number of hydrogen-bond acceptors (Lipinski definition) is 2. The average Bonchev–Trinajstić information content (AvgIpc) is 2.32. The molecule has 1 rings (SSSR count). The Morgan fingerprint density at radius 2 is 1.39 bits per heavy atom. The molecule has 0 heterocycles. The molecule has 0 bridgehead atoms. The number of halogens is 6. The monoisotopic (exact) mass is 343 g/mol. The highest BCUT2D eigenvalue weighted by atomic mass is 19.4. The van der Waals surface area contributed by atoms with E-state index in [4.69, 9.17) is 4.74 Å². The van der Waals surface area contributed by atoms with Crippen LogP contribution in [0.5, 0.6) is 0 Å². The summed E-state index contributed by atoms with van der Waals surface area (Å²) in [6.45, 7) is 4.18. The molecule has 0 spiro atoms. The van der Waals surface area contributed by atoms with Crippen molar-refractivity contribution in [1.82, 2.24) is 5.32 Å². The average molecular weight is 343 g/mol. The van der Waals surface area contributed by atoms with Crippen LogP contribution < -0.4 is 5.32 Å². The SMILES string of the molecule is CC(C)(C)OC(=O)NCc1cc(C(F)(F)F)cc(C(F)(F)F)c1. The molecule has 0 unspecified atom stereocenters. The van der Waals surface area contributed by atoms with Crippen LogP contribution in [0.15, 0.2) is 18.2 Å². The van der Waals surface area contributed by atoms with Gasteiger partial charge in [-0.3, -0.25) is 0 Å². The smallest absolute Gasteiger partial charge is 0.416 e. The van der Waals surface area contributed by atoms with E-state index in [1.54, 1.807) is 20.8 Å². The molecule has 0 aliphatic rings. The number of ether oxygens (including phenoxy) is 1. The zero-order chi connectivity index (χ0) is 18.1. The first-order valence-electron chi connectivity index (χ1n) is 6.44. The Morgan fingerprint density at radius 1 is 0.957 bits per heavy atom. The molecule has 1 aromatic carbocycles. The van der Waals surface area contributed by atoms with Crippen LogP contribution >= 0.6 is 0 Å². The number of hydrogen-bond donors (Lipinski definition) is 1. The van der Waals surface area contributed by atoms with Gasteiger partial charge in [0.25, 0.3) is 0 Å². The Bertz CT molecular complexity index is 540. The highest BCUT2D eigenvalue weighted by molar-refractivity contribution is 5.67. The lowest BCUT2D eigenvalue weighted by atomic mass is 10.0. The van der Waals surface area contributed by atoms with E-state index >= 15 is 0 Å². The normalized spacial score (nSPS) is 12.9. The maximum atomic E-state index is 12.7. The standard InChI is InChI=1S/C14H15F6NO2/c1-12(2,3)23-11(22)21-7-8-4-9(13(15,16)17)6-10(5-8)14(18,19)20/h4-6H,7H2,1-3H3,(H,21,22). The second kappa shape index (κ2) is 6.29. The number of benzene rings is 1. The van der Waals surface area contributed by atoms with Gasteiger partial charge in [0.2, 0.25) is 0 Å². The molecule has 9 heteroatoms. The molecule has 1 N–H and O–H groups in total. The fraction of sp³-hybridized carbons (Fsp3) is 0.500. The van der Waals surface area contributed by atoms with Crippen molar-refractivity contribution in [2.45, 2.75) is 45.3 Å². The van der Waals surface area contributed by atoms with E-state index in [-0.39, 0.29) is 11.6 Å². The third-order valence-electron chi connectivity index (χ3n) is 2.48. The van der Waals surface area contributed by atoms with Crippen LogP contribution in [-0.2, 0) is 23.6 Å². The first-order chi connectivity index (χ1) is 10.2. The van der Waals surface area contributed by atoms with E-state index in [0.29, 0.717) is 12.1 Å². The van der Waals surface area contributed by atoms with Gasteiger partial charge in [-0.15, -0.1) is 0 Å². The third-order valence-corrected chi connectivity index (χ3v) is 2.48. The lowest BCUT2D eigenvalue weighted by Crippen LogP contribution is -2.32. The maximum Gasteiger partial charge on any atom is 0.416 e. The number of nitrogens with one attached hydrogen (secondary N) is 1. The summed E-state index contributed by atoms with van der Waals surface area (Å²) in [5.74, 6) is 0. The largest absolute Gasteiger partial charge is 0.444 e. The first kappa shape index (κ1) is 19.1. The van der Waals surface area contributed by atoms with Crippen molar-refractivity contribution in [3.8, 4) is 0 Å². The van der Waals surface area contributed by atoms with Gasteiger partial charge in [-0.25, -0.2) is 4.79 Å². The maximum absolute atomic E-state index is 12.7. The molecule has 23 heavy (non-hydrogen) atoms. The van der Waals surface area contributed by atoms with E-state index < -0.39 is 41.7 Å². The van der Waals surface area contributed by atoms with Crippen molar-refractivity contribution in [2.75, 3.05) is 0 Å². The summed E-state index contributed by atoms with van der Waals surface area (Å²) in [7, 11) is 0. The van der Waals surface area contributed by atoms with Crippen LogP contribution in [0.2, 0.25) is 0 Å². The summed E-state index contributed by atoms with van der Waals surface area (Å²) < 4.78 is 80.9. The molecule has 0 saturated heterocycles. The Kier molecular flexibility index (Phi) is 5.23. The lowest BCUT2D eigenvalue weighted by Gasteiger charge is -2.20. The van der Waals surface area contributed by atoms with E-state index in [0.717, 1.165) is 0 Å². The Hall–Kier alpha value is -1.93. The Morgan fingerprint density at radius 3 is 1.74 bits per heavy atom. The number of alkyl halides is 6. The molecule has 0 aromatic heterocycles. The van der Waals surface area contributed by atoms with Crippen LogP contribution in [-0.4, -0.2) is 11.7 Å². The van der Waals surface area contributed by atoms with Gasteiger partial charge in [-0.1, -0.05) is 0 Å². The number of carbonyl (C=O) groups excluding carboxylic acids is 1. The van der Waals surface area contributed by atoms with Gasteiger partial charge in [0.15, 0.2) is 0 Å². The summed E-state index contributed by atoms with van der Waals surface area (Å²) in [4.78, 5) is 11.4. The number of alkyl carbamates (subject to hydrolysis) is 1. The van der Waals surface area contributed by atoms with E-state index in [9.17, 15) is 31.1 Å². The van der Waals surface area contributed by atoms with Crippen LogP contribution in [0.4, 0.5) is 31.1 Å². The minimum absolute atomic E-state index is 0.0248. The Labute approximate surface area is 128 Å². The fourth-order valence-electron chi connectivity index (χ4n) is 1.61. The number of rotatable bonds is 2. The number of amides is 1. The predicted octanol–water partition coefficient (Wildman–Crippen LogP) is 4.75. The van der Waals surface area contributed by atoms with Gasteiger partial charge in [-0.05, 0) is 44.5 Å². The van der Waals surface area contributed by atoms with Gasteiger partial charge in [0, 0.05) is 6.54 Å². The zero-order valence-corrected chi connectivity index (χ0v) is 12.5. The van der Waals surface area contributed by atoms with Gasteiger partial charge >= 0.3 is 18.4 Å². The van der Waals surface area contributed by atoms with E-state index in [2.05, 4.69) is 5.32 Å². The highest BCUT2D eigenvalue weighted by Gasteiger charge is 2.36. The third kappa shape index (κ3) is 6.37. The van der Waals surface area contributed by atoms with Crippen molar-refractivity contribution in [3.05, 3.63) is 34.9 Å². The minimum Gasteiger partial charge on any atom is -0.444 e. The van der Waals surface area contributed by atoms with Gasteiger partial charge in [-0.2, -0.15) is 26.3 Å². The molecule has 0 aliphatic heterocycles. The predicted molar refractivity (Wildman–Crippen MR) is 69.5 cm³/mol. The molecular weight excluding hydrogens is 328 g/mol. The van der Waals surface area contributed by atoms with E-state index in [1.807, 2.05) is 0 Å². The van der Waals surface area contributed by atoms with Crippen LogP contribution in [0, 0.1) is 0 Å². The molecule has 3 nitrogen and oxygen atoms in total. The van der Waals surface area contributed by atoms with Gasteiger partial charge in [0.05, 0.1) is 11.1 Å². The summed E-state index contributed by atoms with van der Waals surface area (Å²) in [6, 6.07) is 1.12. The van der Waals surface area contributed by atoms with Crippen LogP contribution in [0.25, 0.3) is 0 Å². The summed E-state index contributed by atoms with van der Waals surface area (Å²) >= 11 is 0. The minimum atomic E-state index is -4.93. The quantitative estimate of drug-likeness (QED) is 0.787. The summed E-state index contributed by atoms with van der Waals surface area (Å²) in [5, 5.41) is 2.12. The second-order valence-corrected chi connectivity index (χ2v) is 5.77. The first-order valence-corrected chi connectivity index (χ1v) is 6.44. The molecule has 0 atom stereocenters. The molecule has 0 radical (unpaired) electrons. The van der Waals surface area contributed by atoms with Crippen molar-refractivity contribution >= 4 is 6.09 Å². The van der Waals surface area contributed by atoms with E-state index in [1.165, 1.54) is 0 Å². The molecular formula is C14H15F6NO2. The summed E-state index contributed by atoms with van der Waals surface area (Å²) in [5.41, 5.74) is -4.05. The highest BCUT2D eigenvalue weighted by Crippen LogP contribution is 2.36. The number of carbonyl (C=O) groups is 1. The van der Waals surface area contributed by atoms with Gasteiger partial charge in [0.1, 0.15) is 5.60 Å².